The summed E-state index contributed by atoms with van der Waals surface area (Å²) >= 11 is 2.40. The van der Waals surface area contributed by atoms with Crippen LogP contribution in [0.2, 0.25) is 0 Å². The van der Waals surface area contributed by atoms with Crippen molar-refractivity contribution in [1.29, 1.82) is 0 Å². The number of aliphatic imine (C=N–C) groups is 1. The second-order valence-corrected chi connectivity index (χ2v) is 12.6. The van der Waals surface area contributed by atoms with Gasteiger partial charge in [-0.2, -0.15) is 0 Å². The fraction of sp³-hybridized carbons (Fsp3) is 0.0244. The predicted octanol–water partition coefficient (Wildman–Crippen LogP) is 11.4. The largest absolute Gasteiger partial charge is 0.256 e. The highest BCUT2D eigenvalue weighted by atomic mass is 127. The van der Waals surface area contributed by atoms with Crippen molar-refractivity contribution in [1.82, 2.24) is 4.98 Å². The van der Waals surface area contributed by atoms with Gasteiger partial charge in [-0.3, -0.25) is 4.98 Å². The average molecular weight is 673 g/mol. The van der Waals surface area contributed by atoms with Gasteiger partial charge in [0.25, 0.3) is 0 Å². The number of benzene rings is 7. The van der Waals surface area contributed by atoms with Crippen LogP contribution in [-0.4, -0.2) is 8.70 Å². The van der Waals surface area contributed by atoms with Crippen molar-refractivity contribution in [2.45, 2.75) is 6.42 Å². The van der Waals surface area contributed by atoms with Crippen molar-refractivity contribution < 1.29 is 0 Å². The minimum Gasteiger partial charge on any atom is -0.256 e. The molecule has 8 aromatic rings. The third-order valence-electron chi connectivity index (χ3n) is 9.02. The zero-order valence-electron chi connectivity index (χ0n) is 23.8. The summed E-state index contributed by atoms with van der Waals surface area (Å²) in [5, 5.41) is 7.81. The number of rotatable bonds is 2. The van der Waals surface area contributed by atoms with Gasteiger partial charge in [0.05, 0.1) is 11.4 Å². The molecule has 0 aliphatic carbocycles. The van der Waals surface area contributed by atoms with Crippen LogP contribution in [0.4, 0.5) is 5.69 Å². The molecule has 2 heterocycles. The first-order valence-electron chi connectivity index (χ1n) is 14.9. The summed E-state index contributed by atoms with van der Waals surface area (Å²) in [6.45, 7) is 0. The number of halogens is 1. The lowest BCUT2D eigenvalue weighted by Gasteiger charge is -2.15. The number of hydrogen-bond acceptors (Lipinski definition) is 2. The van der Waals surface area contributed by atoms with Crippen LogP contribution in [0, 0.1) is 0 Å². The van der Waals surface area contributed by atoms with Gasteiger partial charge in [0.15, 0.2) is 0 Å². The van der Waals surface area contributed by atoms with E-state index in [4.69, 9.17) is 9.98 Å². The predicted molar refractivity (Wildman–Crippen MR) is 194 cm³/mol. The lowest BCUT2D eigenvalue weighted by atomic mass is 9.89. The molecule has 2 nitrogen and oxygen atoms in total. The highest BCUT2D eigenvalue weighted by Crippen LogP contribution is 2.41. The van der Waals surface area contributed by atoms with Gasteiger partial charge in [-0.1, -0.05) is 115 Å². The number of aromatic nitrogens is 1. The molecule has 44 heavy (non-hydrogen) atoms. The van der Waals surface area contributed by atoms with Crippen LogP contribution in [0.1, 0.15) is 16.7 Å². The number of para-hydroxylation sites is 1. The van der Waals surface area contributed by atoms with E-state index in [9.17, 15) is 0 Å². The van der Waals surface area contributed by atoms with Crippen molar-refractivity contribution >= 4 is 64.3 Å². The van der Waals surface area contributed by atoms with Crippen molar-refractivity contribution in [3.8, 4) is 33.5 Å². The maximum absolute atomic E-state index is 5.13. The topological polar surface area (TPSA) is 25.2 Å². The zero-order valence-corrected chi connectivity index (χ0v) is 25.9. The van der Waals surface area contributed by atoms with Crippen LogP contribution in [0.3, 0.4) is 0 Å². The highest BCUT2D eigenvalue weighted by molar-refractivity contribution is 14.1. The van der Waals surface area contributed by atoms with Crippen LogP contribution in [-0.2, 0) is 6.42 Å². The van der Waals surface area contributed by atoms with E-state index in [2.05, 4.69) is 156 Å². The Balaban J connectivity index is 1.21. The Morgan fingerprint density at radius 2 is 1.20 bits per heavy atom. The fourth-order valence-corrected chi connectivity index (χ4v) is 7.62. The number of hydrogen-bond donors (Lipinski definition) is 0. The molecule has 3 heteroatoms. The molecule has 0 unspecified atom stereocenters. The minimum absolute atomic E-state index is 0.836. The van der Waals surface area contributed by atoms with Crippen molar-refractivity contribution in [3.63, 3.8) is 0 Å². The Bertz CT molecular complexity index is 2420. The summed E-state index contributed by atoms with van der Waals surface area (Å²) in [5.41, 5.74) is 11.4. The Hall–Kier alpha value is -4.87. The zero-order chi connectivity index (χ0) is 29.2. The molecule has 7 aromatic carbocycles. The molecule has 0 radical (unpaired) electrons. The summed E-state index contributed by atoms with van der Waals surface area (Å²) in [7, 11) is 0. The van der Waals surface area contributed by atoms with Crippen LogP contribution >= 0.6 is 22.6 Å². The van der Waals surface area contributed by atoms with Gasteiger partial charge in [-0.15, -0.1) is 0 Å². The van der Waals surface area contributed by atoms with Gasteiger partial charge in [-0.05, 0) is 101 Å². The smallest absolute Gasteiger partial charge is 0.110 e. The van der Waals surface area contributed by atoms with Crippen LogP contribution < -0.4 is 0 Å². The molecule has 0 saturated carbocycles. The molecule has 0 spiro atoms. The minimum atomic E-state index is 0.836. The van der Waals surface area contributed by atoms with Gasteiger partial charge >= 0.3 is 0 Å². The molecule has 0 bridgehead atoms. The monoisotopic (exact) mass is 672 g/mol. The summed E-state index contributed by atoms with van der Waals surface area (Å²) in [6.07, 6.45) is 2.87. The van der Waals surface area contributed by atoms with E-state index >= 15 is 0 Å². The number of fused-ring (bicyclic) bond motifs is 4. The van der Waals surface area contributed by atoms with Crippen LogP contribution in [0.15, 0.2) is 145 Å². The van der Waals surface area contributed by atoms with E-state index in [1.807, 2.05) is 6.20 Å². The molecule has 1 aliphatic heterocycles. The number of nitrogens with zero attached hydrogens (tertiary/aromatic N) is 2. The molecule has 9 rings (SSSR count). The van der Waals surface area contributed by atoms with Crippen molar-refractivity contribution in [3.05, 3.63) is 156 Å². The Morgan fingerprint density at radius 3 is 2.09 bits per heavy atom. The lowest BCUT2D eigenvalue weighted by molar-refractivity contribution is 1.19. The second kappa shape index (κ2) is 10.1. The molecule has 206 valence electrons. The van der Waals surface area contributed by atoms with Gasteiger partial charge in [0.2, 0.25) is 0 Å². The third-order valence-corrected chi connectivity index (χ3v) is 9.85. The first-order chi connectivity index (χ1) is 21.7. The summed E-state index contributed by atoms with van der Waals surface area (Å²) in [4.78, 5) is 10.2. The average Bonchev–Trinajstić information content (AvgIpc) is 3.12. The molecule has 0 fully saturated rings. The van der Waals surface area contributed by atoms with Crippen LogP contribution in [0.25, 0.3) is 65.8 Å². The summed E-state index contributed by atoms with van der Waals surface area (Å²) < 4.78 is 0.966. The summed E-state index contributed by atoms with van der Waals surface area (Å²) in [6, 6.07) is 48.3. The second-order valence-electron chi connectivity index (χ2n) is 11.5. The van der Waals surface area contributed by atoms with Gasteiger partial charge in [0.1, 0.15) is 3.72 Å². The molecule has 0 amide bonds. The van der Waals surface area contributed by atoms with Crippen molar-refractivity contribution in [2.75, 3.05) is 0 Å². The molecule has 0 saturated heterocycles. The maximum Gasteiger partial charge on any atom is 0.110 e. The Kier molecular flexibility index (Phi) is 5.88. The standard InChI is InChI=1S/C41H25IN2/c42-41-35-23-38(43-24-36(35)32-13-3-1-7-28(32)21-30-8-2-4-14-37(30)44-41)31-12-6-11-29(22-31)33-19-17-27-16-15-25-9-5-10-26-18-20-34(33)40(27)39(25)26/h1-20,22-24H,21H2/b44-41-. The first kappa shape index (κ1) is 25.6. The molecule has 1 aromatic heterocycles. The van der Waals surface area contributed by atoms with Crippen LogP contribution in [0.5, 0.6) is 0 Å². The molecule has 1 aliphatic rings. The van der Waals surface area contributed by atoms with E-state index in [0.717, 1.165) is 38.2 Å². The van der Waals surface area contributed by atoms with Gasteiger partial charge < -0.3 is 0 Å². The van der Waals surface area contributed by atoms with E-state index < -0.39 is 0 Å². The number of pyridine rings is 1. The normalized spacial score (nSPS) is 13.9. The van der Waals surface area contributed by atoms with E-state index in [-0.39, 0.29) is 0 Å². The summed E-state index contributed by atoms with van der Waals surface area (Å²) in [5.74, 6) is 0. The third kappa shape index (κ3) is 4.07. The van der Waals surface area contributed by atoms with Gasteiger partial charge in [-0.25, -0.2) is 4.99 Å². The first-order valence-corrected chi connectivity index (χ1v) is 16.0. The quantitative estimate of drug-likeness (QED) is 0.133. The van der Waals surface area contributed by atoms with E-state index in [1.165, 1.54) is 60.1 Å². The molecular weight excluding hydrogens is 647 g/mol. The molecular formula is C41H25IN2. The Morgan fingerprint density at radius 1 is 0.500 bits per heavy atom. The molecule has 0 atom stereocenters. The Labute approximate surface area is 269 Å². The highest BCUT2D eigenvalue weighted by Gasteiger charge is 2.19. The van der Waals surface area contributed by atoms with E-state index in [0.29, 0.717) is 0 Å². The van der Waals surface area contributed by atoms with Crippen molar-refractivity contribution in [2.24, 2.45) is 4.99 Å². The fourth-order valence-electron chi connectivity index (χ4n) is 6.91. The molecule has 0 N–H and O–H groups in total. The lowest BCUT2D eigenvalue weighted by Crippen LogP contribution is -1.99. The SMILES string of the molecule is I/C1=N\c2ccccc2Cc2ccccc2-c2cnc(-c3cccc(-c4ccc5ccc6cccc7ccc4c5c67)c3)cc21. The maximum atomic E-state index is 5.13. The van der Waals surface area contributed by atoms with E-state index in [1.54, 1.807) is 0 Å². The van der Waals surface area contributed by atoms with Gasteiger partial charge in [0, 0.05) is 29.3 Å².